The standard InChI is InChI=1S/C12H14ClN3O/c1-8-3-4-9(5-11(8)13)12(17)6-10-7-16(2)15-14-10/h3-5,7,12,17H,6H2,1-2H3. The number of aliphatic hydroxyl groups excluding tert-OH is 1. The summed E-state index contributed by atoms with van der Waals surface area (Å²) in [6, 6.07) is 5.57. The molecule has 1 aromatic carbocycles. The van der Waals surface area contributed by atoms with Crippen molar-refractivity contribution in [3.8, 4) is 0 Å². The summed E-state index contributed by atoms with van der Waals surface area (Å²) in [4.78, 5) is 0. The molecule has 4 nitrogen and oxygen atoms in total. The lowest BCUT2D eigenvalue weighted by Crippen LogP contribution is -2.02. The molecule has 1 atom stereocenters. The minimum absolute atomic E-state index is 0.438. The smallest absolute Gasteiger partial charge is 0.0856 e. The normalized spacial score (nSPS) is 12.7. The van der Waals surface area contributed by atoms with Crippen molar-refractivity contribution in [3.63, 3.8) is 0 Å². The molecule has 0 bridgehead atoms. The van der Waals surface area contributed by atoms with E-state index in [2.05, 4.69) is 10.3 Å². The van der Waals surface area contributed by atoms with Gasteiger partial charge in [0, 0.05) is 24.7 Å². The number of aromatic nitrogens is 3. The van der Waals surface area contributed by atoms with Crippen LogP contribution in [0.2, 0.25) is 5.02 Å². The number of hydrogen-bond donors (Lipinski definition) is 1. The maximum absolute atomic E-state index is 10.1. The summed E-state index contributed by atoms with van der Waals surface area (Å²) in [6.45, 7) is 1.93. The lowest BCUT2D eigenvalue weighted by Gasteiger charge is -2.10. The maximum atomic E-state index is 10.1. The van der Waals surface area contributed by atoms with E-state index in [1.807, 2.05) is 19.1 Å². The first-order valence-corrected chi connectivity index (χ1v) is 5.73. The molecule has 0 aliphatic carbocycles. The van der Waals surface area contributed by atoms with E-state index in [1.165, 1.54) is 0 Å². The van der Waals surface area contributed by atoms with Crippen molar-refractivity contribution in [2.24, 2.45) is 7.05 Å². The van der Waals surface area contributed by atoms with Crippen LogP contribution in [0.25, 0.3) is 0 Å². The molecule has 0 saturated heterocycles. The zero-order chi connectivity index (χ0) is 12.4. The Bertz CT molecular complexity index is 524. The van der Waals surface area contributed by atoms with E-state index < -0.39 is 6.10 Å². The minimum Gasteiger partial charge on any atom is -0.388 e. The van der Waals surface area contributed by atoms with Crippen LogP contribution in [-0.2, 0) is 13.5 Å². The summed E-state index contributed by atoms with van der Waals surface area (Å²) < 4.78 is 1.62. The quantitative estimate of drug-likeness (QED) is 0.908. The van der Waals surface area contributed by atoms with E-state index in [9.17, 15) is 5.11 Å². The summed E-state index contributed by atoms with van der Waals surface area (Å²) in [5, 5.41) is 18.5. The SMILES string of the molecule is Cc1ccc(C(O)Cc2cn(C)nn2)cc1Cl. The number of nitrogens with zero attached hydrogens (tertiary/aromatic N) is 3. The molecular weight excluding hydrogens is 238 g/mol. The monoisotopic (exact) mass is 251 g/mol. The van der Waals surface area contributed by atoms with Crippen LogP contribution in [0.4, 0.5) is 0 Å². The summed E-state index contributed by atoms with van der Waals surface area (Å²) in [5.74, 6) is 0. The third-order valence-corrected chi connectivity index (χ3v) is 3.04. The van der Waals surface area contributed by atoms with Gasteiger partial charge in [0.1, 0.15) is 0 Å². The molecule has 0 radical (unpaired) electrons. The third kappa shape index (κ3) is 2.84. The van der Waals surface area contributed by atoms with Gasteiger partial charge in [0.25, 0.3) is 0 Å². The largest absolute Gasteiger partial charge is 0.388 e. The van der Waals surface area contributed by atoms with Crippen molar-refractivity contribution in [2.45, 2.75) is 19.4 Å². The summed E-state index contributed by atoms with van der Waals surface area (Å²) >= 11 is 6.02. The molecule has 2 rings (SSSR count). The number of benzene rings is 1. The summed E-state index contributed by atoms with van der Waals surface area (Å²) in [5.41, 5.74) is 2.56. The molecule has 2 aromatic rings. The fraction of sp³-hybridized carbons (Fsp3) is 0.333. The zero-order valence-corrected chi connectivity index (χ0v) is 10.5. The van der Waals surface area contributed by atoms with E-state index in [0.29, 0.717) is 11.4 Å². The average molecular weight is 252 g/mol. The molecule has 1 heterocycles. The van der Waals surface area contributed by atoms with Gasteiger partial charge in [-0.1, -0.05) is 28.9 Å². The van der Waals surface area contributed by atoms with E-state index in [0.717, 1.165) is 16.8 Å². The van der Waals surface area contributed by atoms with E-state index in [-0.39, 0.29) is 0 Å². The highest BCUT2D eigenvalue weighted by Crippen LogP contribution is 2.23. The van der Waals surface area contributed by atoms with Gasteiger partial charge in [0.2, 0.25) is 0 Å². The number of hydrogen-bond acceptors (Lipinski definition) is 3. The minimum atomic E-state index is -0.607. The van der Waals surface area contributed by atoms with Gasteiger partial charge in [-0.05, 0) is 24.1 Å². The molecule has 0 fully saturated rings. The summed E-state index contributed by atoms with van der Waals surface area (Å²) in [7, 11) is 1.80. The Kier molecular flexibility index (Phi) is 3.45. The van der Waals surface area contributed by atoms with Gasteiger partial charge in [-0.3, -0.25) is 4.68 Å². The van der Waals surface area contributed by atoms with Crippen LogP contribution in [0.5, 0.6) is 0 Å². The van der Waals surface area contributed by atoms with Gasteiger partial charge in [-0.2, -0.15) is 0 Å². The van der Waals surface area contributed by atoms with Crippen LogP contribution in [0.1, 0.15) is 22.9 Å². The van der Waals surface area contributed by atoms with Crippen LogP contribution >= 0.6 is 11.6 Å². The zero-order valence-electron chi connectivity index (χ0n) is 9.76. The molecule has 90 valence electrons. The molecule has 17 heavy (non-hydrogen) atoms. The second-order valence-corrected chi connectivity index (χ2v) is 4.52. The highest BCUT2D eigenvalue weighted by molar-refractivity contribution is 6.31. The molecule has 0 aliphatic rings. The maximum Gasteiger partial charge on any atom is 0.0856 e. The lowest BCUT2D eigenvalue weighted by molar-refractivity contribution is 0.177. The Balaban J connectivity index is 2.14. The van der Waals surface area contributed by atoms with Crippen LogP contribution in [-0.4, -0.2) is 20.1 Å². The molecule has 1 aromatic heterocycles. The fourth-order valence-corrected chi connectivity index (χ4v) is 1.81. The van der Waals surface area contributed by atoms with Crippen LogP contribution in [0, 0.1) is 6.92 Å². The third-order valence-electron chi connectivity index (χ3n) is 2.63. The van der Waals surface area contributed by atoms with Crippen molar-refractivity contribution in [1.29, 1.82) is 0 Å². The number of halogens is 1. The molecule has 0 saturated carbocycles. The predicted octanol–water partition coefficient (Wildman–Crippen LogP) is 2.05. The first-order chi connectivity index (χ1) is 8.06. The average Bonchev–Trinajstić information content (AvgIpc) is 2.68. The Hall–Kier alpha value is -1.39. The molecular formula is C12H14ClN3O. The number of aryl methyl sites for hydroxylation is 2. The highest BCUT2D eigenvalue weighted by Gasteiger charge is 2.11. The van der Waals surface area contributed by atoms with Gasteiger partial charge >= 0.3 is 0 Å². The van der Waals surface area contributed by atoms with Crippen LogP contribution < -0.4 is 0 Å². The van der Waals surface area contributed by atoms with Gasteiger partial charge in [0.15, 0.2) is 0 Å². The van der Waals surface area contributed by atoms with Crippen LogP contribution in [0.3, 0.4) is 0 Å². The van der Waals surface area contributed by atoms with Crippen molar-refractivity contribution >= 4 is 11.6 Å². The molecule has 1 N–H and O–H groups in total. The molecule has 0 spiro atoms. The van der Waals surface area contributed by atoms with E-state index in [4.69, 9.17) is 11.6 Å². The number of rotatable bonds is 3. The van der Waals surface area contributed by atoms with Crippen molar-refractivity contribution in [2.75, 3.05) is 0 Å². The number of aliphatic hydroxyl groups is 1. The Morgan fingerprint density at radius 1 is 1.47 bits per heavy atom. The lowest BCUT2D eigenvalue weighted by atomic mass is 10.0. The molecule has 5 heteroatoms. The van der Waals surface area contributed by atoms with E-state index in [1.54, 1.807) is 24.0 Å². The van der Waals surface area contributed by atoms with Gasteiger partial charge in [0.05, 0.1) is 11.8 Å². The van der Waals surface area contributed by atoms with Crippen LogP contribution in [0.15, 0.2) is 24.4 Å². The highest BCUT2D eigenvalue weighted by atomic mass is 35.5. The Morgan fingerprint density at radius 2 is 2.24 bits per heavy atom. The van der Waals surface area contributed by atoms with Gasteiger partial charge in [-0.25, -0.2) is 0 Å². The Labute approximate surface area is 105 Å². The van der Waals surface area contributed by atoms with Crippen molar-refractivity contribution in [3.05, 3.63) is 46.2 Å². The van der Waals surface area contributed by atoms with E-state index >= 15 is 0 Å². The molecule has 1 unspecified atom stereocenters. The molecule has 0 aliphatic heterocycles. The van der Waals surface area contributed by atoms with Gasteiger partial charge < -0.3 is 5.11 Å². The van der Waals surface area contributed by atoms with Gasteiger partial charge in [-0.15, -0.1) is 5.10 Å². The first-order valence-electron chi connectivity index (χ1n) is 5.35. The predicted molar refractivity (Wildman–Crippen MR) is 65.9 cm³/mol. The molecule has 0 amide bonds. The van der Waals surface area contributed by atoms with Crippen molar-refractivity contribution < 1.29 is 5.11 Å². The second-order valence-electron chi connectivity index (χ2n) is 4.11. The topological polar surface area (TPSA) is 50.9 Å². The first kappa shape index (κ1) is 12.1. The van der Waals surface area contributed by atoms with Crippen molar-refractivity contribution in [1.82, 2.24) is 15.0 Å². The Morgan fingerprint density at radius 3 is 2.82 bits per heavy atom. The fourth-order valence-electron chi connectivity index (χ4n) is 1.62. The second kappa shape index (κ2) is 4.85. The summed E-state index contributed by atoms with van der Waals surface area (Å²) in [6.07, 6.45) is 1.62.